The van der Waals surface area contributed by atoms with E-state index in [0.717, 1.165) is 36.8 Å². The first-order valence-electron chi connectivity index (χ1n) is 7.95. The molecule has 0 radical (unpaired) electrons. The Hall–Kier alpha value is -1.38. The highest BCUT2D eigenvalue weighted by molar-refractivity contribution is 5.75. The van der Waals surface area contributed by atoms with Gasteiger partial charge in [0.2, 0.25) is 0 Å². The summed E-state index contributed by atoms with van der Waals surface area (Å²) in [4.78, 5) is 11.8. The standard InChI is InChI=1S/C18H25FO2/c1-3-4-14-7-9-18(10-8-14,17(20)21)12-15-5-6-16(19)11-13(15)2/h5-6,11,14H,3-4,7-10,12H2,1-2H3,(H,20,21). The van der Waals surface area contributed by atoms with Gasteiger partial charge in [-0.15, -0.1) is 0 Å². The van der Waals surface area contributed by atoms with Gasteiger partial charge < -0.3 is 5.11 Å². The van der Waals surface area contributed by atoms with Crippen LogP contribution in [0, 0.1) is 24.1 Å². The lowest BCUT2D eigenvalue weighted by molar-refractivity contribution is -0.151. The molecule has 1 fully saturated rings. The molecule has 21 heavy (non-hydrogen) atoms. The molecule has 0 amide bonds. The Morgan fingerprint density at radius 2 is 2.05 bits per heavy atom. The van der Waals surface area contributed by atoms with Crippen LogP contribution in [-0.4, -0.2) is 11.1 Å². The molecule has 0 aromatic heterocycles. The number of benzene rings is 1. The summed E-state index contributed by atoms with van der Waals surface area (Å²) in [5.74, 6) is -0.273. The smallest absolute Gasteiger partial charge is 0.309 e. The summed E-state index contributed by atoms with van der Waals surface area (Å²) in [6.07, 6.45) is 6.37. The Morgan fingerprint density at radius 1 is 1.38 bits per heavy atom. The monoisotopic (exact) mass is 292 g/mol. The topological polar surface area (TPSA) is 37.3 Å². The minimum Gasteiger partial charge on any atom is -0.481 e. The Labute approximate surface area is 126 Å². The summed E-state index contributed by atoms with van der Waals surface area (Å²) in [6.45, 7) is 4.04. The van der Waals surface area contributed by atoms with Gasteiger partial charge in [-0.25, -0.2) is 4.39 Å². The van der Waals surface area contributed by atoms with Gasteiger partial charge in [0.25, 0.3) is 0 Å². The number of carboxylic acid groups (broad SMARTS) is 1. The third-order valence-electron chi connectivity index (χ3n) is 5.05. The molecule has 0 spiro atoms. The number of hydrogen-bond donors (Lipinski definition) is 1. The van der Waals surface area contributed by atoms with Gasteiger partial charge in [0.1, 0.15) is 5.82 Å². The fourth-order valence-corrected chi connectivity index (χ4v) is 3.62. The van der Waals surface area contributed by atoms with Gasteiger partial charge in [0.15, 0.2) is 0 Å². The van der Waals surface area contributed by atoms with Crippen molar-refractivity contribution in [2.75, 3.05) is 0 Å². The average molecular weight is 292 g/mol. The van der Waals surface area contributed by atoms with Crippen LogP contribution in [0.25, 0.3) is 0 Å². The molecule has 1 N–H and O–H groups in total. The zero-order valence-corrected chi connectivity index (χ0v) is 13.0. The van der Waals surface area contributed by atoms with Crippen LogP contribution in [0.15, 0.2) is 18.2 Å². The molecule has 0 atom stereocenters. The molecule has 0 unspecified atom stereocenters. The Kier molecular flexibility index (Phi) is 5.02. The molecule has 3 heteroatoms. The maximum Gasteiger partial charge on any atom is 0.309 e. The highest BCUT2D eigenvalue weighted by atomic mass is 19.1. The summed E-state index contributed by atoms with van der Waals surface area (Å²) in [6, 6.07) is 4.67. The van der Waals surface area contributed by atoms with Crippen molar-refractivity contribution in [1.82, 2.24) is 0 Å². The van der Waals surface area contributed by atoms with Gasteiger partial charge in [0, 0.05) is 0 Å². The minimum atomic E-state index is -0.693. The molecule has 1 aliphatic carbocycles. The van der Waals surface area contributed by atoms with Gasteiger partial charge in [0.05, 0.1) is 5.41 Å². The SMILES string of the molecule is CCCC1CCC(Cc2ccc(F)cc2C)(C(=O)O)CC1. The van der Waals surface area contributed by atoms with Crippen molar-refractivity contribution < 1.29 is 14.3 Å². The highest BCUT2D eigenvalue weighted by Crippen LogP contribution is 2.43. The normalized spacial score (nSPS) is 25.8. The van der Waals surface area contributed by atoms with Crippen molar-refractivity contribution in [1.29, 1.82) is 0 Å². The van der Waals surface area contributed by atoms with Gasteiger partial charge in [-0.2, -0.15) is 0 Å². The lowest BCUT2D eigenvalue weighted by atomic mass is 9.66. The number of rotatable bonds is 5. The maximum absolute atomic E-state index is 13.2. The Balaban J connectivity index is 2.15. The Bertz CT molecular complexity index is 502. The fraction of sp³-hybridized carbons (Fsp3) is 0.611. The van der Waals surface area contributed by atoms with Gasteiger partial charge in [-0.3, -0.25) is 4.79 Å². The van der Waals surface area contributed by atoms with E-state index in [1.54, 1.807) is 6.07 Å². The van der Waals surface area contributed by atoms with E-state index in [2.05, 4.69) is 6.92 Å². The molecule has 1 aromatic carbocycles. The summed E-state index contributed by atoms with van der Waals surface area (Å²) in [5.41, 5.74) is 1.16. The second-order valence-electron chi connectivity index (χ2n) is 6.57. The molecule has 1 aliphatic rings. The molecule has 2 rings (SSSR count). The van der Waals surface area contributed by atoms with Crippen LogP contribution in [-0.2, 0) is 11.2 Å². The van der Waals surface area contributed by atoms with Crippen LogP contribution < -0.4 is 0 Å². The second kappa shape index (κ2) is 6.59. The predicted molar refractivity (Wildman–Crippen MR) is 81.8 cm³/mol. The molecular formula is C18H25FO2. The van der Waals surface area contributed by atoms with E-state index < -0.39 is 11.4 Å². The summed E-state index contributed by atoms with van der Waals surface area (Å²) in [5, 5.41) is 9.74. The number of carboxylic acids is 1. The van der Waals surface area contributed by atoms with Gasteiger partial charge in [-0.1, -0.05) is 25.8 Å². The fourth-order valence-electron chi connectivity index (χ4n) is 3.62. The molecule has 0 heterocycles. The van der Waals surface area contributed by atoms with Crippen molar-refractivity contribution in [3.05, 3.63) is 35.1 Å². The largest absolute Gasteiger partial charge is 0.481 e. The van der Waals surface area contributed by atoms with Gasteiger partial charge in [-0.05, 0) is 68.2 Å². The lowest BCUT2D eigenvalue weighted by Gasteiger charge is -2.37. The predicted octanol–water partition coefficient (Wildman–Crippen LogP) is 4.74. The van der Waals surface area contributed by atoms with Crippen molar-refractivity contribution >= 4 is 5.97 Å². The number of carbonyl (C=O) groups is 1. The highest BCUT2D eigenvalue weighted by Gasteiger charge is 2.41. The van der Waals surface area contributed by atoms with Crippen molar-refractivity contribution in [3.63, 3.8) is 0 Å². The van der Waals surface area contributed by atoms with Gasteiger partial charge >= 0.3 is 5.97 Å². The van der Waals surface area contributed by atoms with Crippen molar-refractivity contribution in [3.8, 4) is 0 Å². The average Bonchev–Trinajstić information content (AvgIpc) is 2.44. The molecule has 1 aromatic rings. The van der Waals surface area contributed by atoms with E-state index in [4.69, 9.17) is 0 Å². The van der Waals surface area contributed by atoms with E-state index in [1.807, 2.05) is 6.92 Å². The number of aliphatic carboxylic acids is 1. The second-order valence-corrected chi connectivity index (χ2v) is 6.57. The van der Waals surface area contributed by atoms with E-state index >= 15 is 0 Å². The molecule has 0 saturated heterocycles. The van der Waals surface area contributed by atoms with E-state index in [0.29, 0.717) is 12.3 Å². The van der Waals surface area contributed by atoms with Crippen LogP contribution in [0.3, 0.4) is 0 Å². The summed E-state index contributed by atoms with van der Waals surface area (Å²) < 4.78 is 13.2. The van der Waals surface area contributed by atoms with Crippen molar-refractivity contribution in [2.45, 2.75) is 58.8 Å². The van der Waals surface area contributed by atoms with Crippen LogP contribution in [0.5, 0.6) is 0 Å². The Morgan fingerprint density at radius 3 is 2.57 bits per heavy atom. The quantitative estimate of drug-likeness (QED) is 0.851. The lowest BCUT2D eigenvalue weighted by Crippen LogP contribution is -2.37. The molecular weight excluding hydrogens is 267 g/mol. The summed E-state index contributed by atoms with van der Waals surface area (Å²) >= 11 is 0. The molecule has 2 nitrogen and oxygen atoms in total. The molecule has 116 valence electrons. The first-order valence-corrected chi connectivity index (χ1v) is 7.95. The third-order valence-corrected chi connectivity index (χ3v) is 5.05. The van der Waals surface area contributed by atoms with E-state index in [-0.39, 0.29) is 5.82 Å². The van der Waals surface area contributed by atoms with E-state index in [1.165, 1.54) is 25.0 Å². The van der Waals surface area contributed by atoms with E-state index in [9.17, 15) is 14.3 Å². The molecule has 0 aliphatic heterocycles. The van der Waals surface area contributed by atoms with Crippen LogP contribution in [0.2, 0.25) is 0 Å². The van der Waals surface area contributed by atoms with Crippen LogP contribution in [0.1, 0.15) is 56.6 Å². The summed E-state index contributed by atoms with van der Waals surface area (Å²) in [7, 11) is 0. The number of hydrogen-bond acceptors (Lipinski definition) is 1. The minimum absolute atomic E-state index is 0.257. The van der Waals surface area contributed by atoms with Crippen LogP contribution in [0.4, 0.5) is 4.39 Å². The van der Waals surface area contributed by atoms with Crippen molar-refractivity contribution in [2.24, 2.45) is 11.3 Å². The zero-order chi connectivity index (χ0) is 15.5. The molecule has 0 bridgehead atoms. The maximum atomic E-state index is 13.2. The first-order chi connectivity index (χ1) is 9.97. The zero-order valence-electron chi connectivity index (χ0n) is 13.0. The third kappa shape index (κ3) is 3.63. The molecule has 1 saturated carbocycles. The first kappa shape index (κ1) is 16.0. The number of halogens is 1. The van der Waals surface area contributed by atoms with Crippen LogP contribution >= 0.6 is 0 Å². The number of aryl methyl sites for hydroxylation is 1.